The van der Waals surface area contributed by atoms with Crippen molar-refractivity contribution in [1.82, 2.24) is 0 Å². The lowest BCUT2D eigenvalue weighted by Gasteiger charge is -1.86. The lowest BCUT2D eigenvalue weighted by molar-refractivity contribution is -0.117. The number of Topliss-reactive ketones (excluding diaryl/α,β-unsaturated/α-hetero) is 1. The van der Waals surface area contributed by atoms with Crippen LogP contribution in [0.1, 0.15) is 19.8 Å². The molecular weight excluding hydrogens is 208 g/mol. The molecule has 0 radical (unpaired) electrons. The van der Waals surface area contributed by atoms with E-state index in [4.69, 9.17) is 0 Å². The van der Waals surface area contributed by atoms with Crippen molar-refractivity contribution in [3.05, 3.63) is 73.4 Å². The van der Waals surface area contributed by atoms with Gasteiger partial charge in [0.1, 0.15) is 5.78 Å². The van der Waals surface area contributed by atoms with Gasteiger partial charge in [0.15, 0.2) is 0 Å². The molecule has 0 aliphatic carbocycles. The van der Waals surface area contributed by atoms with E-state index in [1.807, 2.05) is 67.7 Å². The van der Waals surface area contributed by atoms with Crippen LogP contribution in [0.4, 0.5) is 0 Å². The minimum atomic E-state index is 0.266. The summed E-state index contributed by atoms with van der Waals surface area (Å²) < 4.78 is 0. The lowest BCUT2D eigenvalue weighted by Crippen LogP contribution is -1.90. The summed E-state index contributed by atoms with van der Waals surface area (Å²) >= 11 is 0. The Balaban J connectivity index is 3.76. The monoisotopic (exact) mass is 228 g/mol. The minimum Gasteiger partial charge on any atom is -0.299 e. The third-order valence-corrected chi connectivity index (χ3v) is 1.90. The summed E-state index contributed by atoms with van der Waals surface area (Å²) in [5.41, 5.74) is 0. The maximum absolute atomic E-state index is 11.0. The Morgan fingerprint density at radius 3 is 1.82 bits per heavy atom. The molecule has 0 saturated heterocycles. The zero-order valence-corrected chi connectivity index (χ0v) is 10.4. The van der Waals surface area contributed by atoms with E-state index in [2.05, 4.69) is 6.58 Å². The van der Waals surface area contributed by atoms with Crippen molar-refractivity contribution < 1.29 is 4.79 Å². The van der Waals surface area contributed by atoms with E-state index in [9.17, 15) is 4.79 Å². The first-order chi connectivity index (χ1) is 8.31. The Kier molecular flexibility index (Phi) is 10.8. The first kappa shape index (κ1) is 15.1. The van der Waals surface area contributed by atoms with Crippen LogP contribution in [-0.4, -0.2) is 5.78 Å². The Hall–Kier alpha value is -1.89. The number of rotatable bonds is 8. The molecule has 0 amide bonds. The van der Waals surface area contributed by atoms with Crippen LogP contribution in [0, 0.1) is 0 Å². The summed E-state index contributed by atoms with van der Waals surface area (Å²) in [6.07, 6.45) is 22.0. The van der Waals surface area contributed by atoms with Crippen LogP contribution >= 0.6 is 0 Å². The fourth-order valence-electron chi connectivity index (χ4n) is 0.950. The number of allylic oxidation sites excluding steroid dienone is 11. The second-order valence-corrected chi connectivity index (χ2v) is 3.30. The van der Waals surface area contributed by atoms with Gasteiger partial charge in [-0.1, -0.05) is 80.3 Å². The average molecular weight is 228 g/mol. The minimum absolute atomic E-state index is 0.266. The molecule has 0 fully saturated rings. The number of ketones is 1. The summed E-state index contributed by atoms with van der Waals surface area (Å²) in [5.74, 6) is 0.266. The van der Waals surface area contributed by atoms with Gasteiger partial charge >= 0.3 is 0 Å². The number of carbonyl (C=O) groups excluding carboxylic acids is 1. The highest BCUT2D eigenvalue weighted by atomic mass is 16.1. The number of hydrogen-bond acceptors (Lipinski definition) is 1. The van der Waals surface area contributed by atoms with Crippen molar-refractivity contribution in [1.29, 1.82) is 0 Å². The maximum Gasteiger partial charge on any atom is 0.136 e. The molecule has 17 heavy (non-hydrogen) atoms. The molecule has 0 aromatic heterocycles. The molecule has 0 aliphatic rings. The predicted octanol–water partition coefficient (Wildman–Crippen LogP) is 4.32. The molecule has 0 spiro atoms. The van der Waals surface area contributed by atoms with Crippen LogP contribution in [0.3, 0.4) is 0 Å². The quantitative estimate of drug-likeness (QED) is 0.565. The second kappa shape index (κ2) is 12.2. The second-order valence-electron chi connectivity index (χ2n) is 3.30. The van der Waals surface area contributed by atoms with Gasteiger partial charge < -0.3 is 0 Å². The highest BCUT2D eigenvalue weighted by Gasteiger charge is 1.90. The van der Waals surface area contributed by atoms with E-state index in [-0.39, 0.29) is 5.78 Å². The Bertz CT molecular complexity index is 352. The van der Waals surface area contributed by atoms with Crippen molar-refractivity contribution in [3.8, 4) is 0 Å². The summed E-state index contributed by atoms with van der Waals surface area (Å²) in [6, 6.07) is 0. The van der Waals surface area contributed by atoms with Crippen LogP contribution in [0.2, 0.25) is 0 Å². The zero-order chi connectivity index (χ0) is 12.8. The van der Waals surface area contributed by atoms with E-state index in [1.54, 1.807) is 6.08 Å². The third kappa shape index (κ3) is 12.0. The van der Waals surface area contributed by atoms with Crippen LogP contribution in [0.15, 0.2) is 73.4 Å². The molecule has 0 bridgehead atoms. The van der Waals surface area contributed by atoms with E-state index in [0.29, 0.717) is 12.8 Å². The Labute approximate surface area is 104 Å². The van der Waals surface area contributed by atoms with Gasteiger partial charge in [0.05, 0.1) is 0 Å². The van der Waals surface area contributed by atoms with Crippen LogP contribution in [0.25, 0.3) is 0 Å². The molecule has 0 heterocycles. The molecule has 0 aromatic rings. The average Bonchev–Trinajstić information content (AvgIpc) is 2.35. The normalized spacial score (nSPS) is 12.8. The first-order valence-corrected chi connectivity index (χ1v) is 5.77. The molecular formula is C16H20O. The fourth-order valence-corrected chi connectivity index (χ4v) is 0.950. The molecule has 90 valence electrons. The lowest BCUT2D eigenvalue weighted by atomic mass is 10.2. The molecule has 0 unspecified atom stereocenters. The van der Waals surface area contributed by atoms with E-state index in [0.717, 1.165) is 0 Å². The largest absolute Gasteiger partial charge is 0.299 e. The van der Waals surface area contributed by atoms with Crippen LogP contribution < -0.4 is 0 Å². The van der Waals surface area contributed by atoms with Gasteiger partial charge in [0.25, 0.3) is 0 Å². The van der Waals surface area contributed by atoms with Crippen molar-refractivity contribution in [2.24, 2.45) is 0 Å². The molecule has 0 aliphatic heterocycles. The molecule has 0 atom stereocenters. The summed E-state index contributed by atoms with van der Waals surface area (Å²) in [6.45, 7) is 5.45. The van der Waals surface area contributed by atoms with Gasteiger partial charge in [0.2, 0.25) is 0 Å². The maximum atomic E-state index is 11.0. The van der Waals surface area contributed by atoms with E-state index in [1.165, 1.54) is 0 Å². The Morgan fingerprint density at radius 1 is 0.882 bits per heavy atom. The van der Waals surface area contributed by atoms with Gasteiger partial charge in [-0.3, -0.25) is 4.79 Å². The topological polar surface area (TPSA) is 17.1 Å². The van der Waals surface area contributed by atoms with Gasteiger partial charge in [-0.25, -0.2) is 0 Å². The summed E-state index contributed by atoms with van der Waals surface area (Å²) in [7, 11) is 0. The number of hydrogen-bond donors (Lipinski definition) is 0. The Morgan fingerprint density at radius 2 is 1.35 bits per heavy atom. The van der Waals surface area contributed by atoms with Gasteiger partial charge in [0, 0.05) is 12.8 Å². The van der Waals surface area contributed by atoms with Crippen molar-refractivity contribution in [2.75, 3.05) is 0 Å². The molecule has 1 heteroatoms. The molecule has 0 N–H and O–H groups in total. The smallest absolute Gasteiger partial charge is 0.136 e. The van der Waals surface area contributed by atoms with Gasteiger partial charge in [-0.15, -0.1) is 0 Å². The van der Waals surface area contributed by atoms with Crippen LogP contribution in [0.5, 0.6) is 0 Å². The summed E-state index contributed by atoms with van der Waals surface area (Å²) in [5, 5.41) is 0. The molecule has 0 saturated carbocycles. The molecule has 0 aromatic carbocycles. The van der Waals surface area contributed by atoms with Crippen LogP contribution in [-0.2, 0) is 4.79 Å². The fraction of sp³-hybridized carbons (Fsp3) is 0.188. The standard InChI is InChI=1S/C16H20O/c1-3-5-6-7-8-9-10-11-12-13-14-15-16(17)4-2/h3,5-14H,1,4,15H2,2H3. The van der Waals surface area contributed by atoms with Crippen molar-refractivity contribution in [2.45, 2.75) is 19.8 Å². The predicted molar refractivity (Wildman–Crippen MR) is 75.8 cm³/mol. The van der Waals surface area contributed by atoms with Gasteiger partial charge in [-0.05, 0) is 0 Å². The number of carbonyl (C=O) groups is 1. The van der Waals surface area contributed by atoms with Crippen molar-refractivity contribution >= 4 is 5.78 Å². The van der Waals surface area contributed by atoms with Crippen molar-refractivity contribution in [3.63, 3.8) is 0 Å². The zero-order valence-electron chi connectivity index (χ0n) is 10.4. The first-order valence-electron chi connectivity index (χ1n) is 5.77. The van der Waals surface area contributed by atoms with E-state index >= 15 is 0 Å². The third-order valence-electron chi connectivity index (χ3n) is 1.90. The highest BCUT2D eigenvalue weighted by molar-refractivity contribution is 5.79. The summed E-state index contributed by atoms with van der Waals surface area (Å²) in [4.78, 5) is 11.0. The van der Waals surface area contributed by atoms with Gasteiger partial charge in [-0.2, -0.15) is 0 Å². The highest BCUT2D eigenvalue weighted by Crippen LogP contribution is 1.91. The SMILES string of the molecule is C=CC=CC=CC=CC=CC=CCC(=O)CC. The van der Waals surface area contributed by atoms with E-state index < -0.39 is 0 Å². The molecule has 1 nitrogen and oxygen atoms in total. The molecule has 0 rings (SSSR count).